The van der Waals surface area contributed by atoms with Gasteiger partial charge in [-0.05, 0) is 12.1 Å². The van der Waals surface area contributed by atoms with E-state index in [4.69, 9.17) is 11.5 Å². The molecule has 4 heteroatoms. The number of hydrogen-bond donors (Lipinski definition) is 3. The van der Waals surface area contributed by atoms with Gasteiger partial charge in [-0.3, -0.25) is 0 Å². The van der Waals surface area contributed by atoms with Crippen LogP contribution in [0.4, 0.5) is 11.6 Å². The minimum absolute atomic E-state index is 0.373. The van der Waals surface area contributed by atoms with Gasteiger partial charge in [0.1, 0.15) is 11.6 Å². The molecule has 1 aromatic rings. The third-order valence-electron chi connectivity index (χ3n) is 0.924. The van der Waals surface area contributed by atoms with Crippen LogP contribution in [-0.2, 0) is 0 Å². The van der Waals surface area contributed by atoms with Gasteiger partial charge in [-0.2, -0.15) is 0 Å². The van der Waals surface area contributed by atoms with Gasteiger partial charge in [0.15, 0.2) is 0 Å². The lowest BCUT2D eigenvalue weighted by Gasteiger charge is -1.96. The molecule has 0 radical (unpaired) electrons. The van der Waals surface area contributed by atoms with Crippen LogP contribution in [0.2, 0.25) is 0 Å². The zero-order chi connectivity index (χ0) is 6.85. The maximum absolute atomic E-state index is 5.35. The van der Waals surface area contributed by atoms with Crippen LogP contribution in [0.1, 0.15) is 0 Å². The summed E-state index contributed by atoms with van der Waals surface area (Å²) in [5.41, 5.74) is 10.7. The number of thiol groups is 1. The number of pyridine rings is 1. The summed E-state index contributed by atoms with van der Waals surface area (Å²) in [5, 5.41) is 0. The summed E-state index contributed by atoms with van der Waals surface area (Å²) in [6.45, 7) is 0. The molecule has 0 spiro atoms. The van der Waals surface area contributed by atoms with Crippen molar-refractivity contribution in [2.24, 2.45) is 0 Å². The molecule has 0 aromatic carbocycles. The third kappa shape index (κ3) is 1.26. The highest BCUT2D eigenvalue weighted by molar-refractivity contribution is 7.80. The Labute approximate surface area is 58.5 Å². The molecule has 1 aromatic heterocycles. The molecule has 0 aliphatic carbocycles. The van der Waals surface area contributed by atoms with Gasteiger partial charge in [-0.1, -0.05) is 0 Å². The summed E-state index contributed by atoms with van der Waals surface area (Å²) in [7, 11) is 0. The number of nitrogens with zero attached hydrogens (tertiary/aromatic N) is 1. The van der Waals surface area contributed by atoms with Gasteiger partial charge in [0.05, 0.1) is 0 Å². The Balaban J connectivity index is 3.17. The molecule has 1 heterocycles. The van der Waals surface area contributed by atoms with Crippen molar-refractivity contribution < 1.29 is 0 Å². The number of rotatable bonds is 0. The summed E-state index contributed by atoms with van der Waals surface area (Å²) < 4.78 is 0. The average Bonchev–Trinajstić information content (AvgIpc) is 1.80. The van der Waals surface area contributed by atoms with Crippen molar-refractivity contribution in [3.63, 3.8) is 0 Å². The van der Waals surface area contributed by atoms with Gasteiger partial charge < -0.3 is 11.5 Å². The van der Waals surface area contributed by atoms with E-state index in [1.165, 1.54) is 0 Å². The Morgan fingerprint density at radius 3 is 2.44 bits per heavy atom. The summed E-state index contributed by atoms with van der Waals surface area (Å²) in [5.74, 6) is 0.795. The summed E-state index contributed by atoms with van der Waals surface area (Å²) >= 11 is 4.00. The Kier molecular flexibility index (Phi) is 1.48. The zero-order valence-corrected chi connectivity index (χ0v) is 5.60. The van der Waals surface area contributed by atoms with E-state index in [1.807, 2.05) is 0 Å². The van der Waals surface area contributed by atoms with Gasteiger partial charge in [0.2, 0.25) is 0 Å². The fourth-order valence-corrected chi connectivity index (χ4v) is 0.608. The smallest absolute Gasteiger partial charge is 0.139 e. The molecule has 0 amide bonds. The lowest BCUT2D eigenvalue weighted by atomic mass is 10.4. The van der Waals surface area contributed by atoms with E-state index in [0.29, 0.717) is 16.5 Å². The van der Waals surface area contributed by atoms with E-state index >= 15 is 0 Å². The molecule has 0 aliphatic heterocycles. The van der Waals surface area contributed by atoms with Crippen molar-refractivity contribution in [2.45, 2.75) is 4.90 Å². The molecular weight excluding hydrogens is 134 g/mol. The SMILES string of the molecule is Nc1ccc(S)c(N)n1. The summed E-state index contributed by atoms with van der Waals surface area (Å²) in [4.78, 5) is 4.41. The second-order valence-electron chi connectivity index (χ2n) is 1.64. The van der Waals surface area contributed by atoms with E-state index < -0.39 is 0 Å². The van der Waals surface area contributed by atoms with Gasteiger partial charge in [-0.15, -0.1) is 12.6 Å². The van der Waals surface area contributed by atoms with Gasteiger partial charge in [0.25, 0.3) is 0 Å². The molecule has 4 N–H and O–H groups in total. The van der Waals surface area contributed by atoms with E-state index in [-0.39, 0.29) is 0 Å². The summed E-state index contributed by atoms with van der Waals surface area (Å²) in [6, 6.07) is 3.36. The summed E-state index contributed by atoms with van der Waals surface area (Å²) in [6.07, 6.45) is 0. The number of nitrogens with two attached hydrogens (primary N) is 2. The van der Waals surface area contributed by atoms with Gasteiger partial charge in [0, 0.05) is 4.90 Å². The molecule has 0 fully saturated rings. The van der Waals surface area contributed by atoms with Gasteiger partial charge >= 0.3 is 0 Å². The zero-order valence-electron chi connectivity index (χ0n) is 4.70. The maximum Gasteiger partial charge on any atom is 0.139 e. The molecule has 0 atom stereocenters. The number of anilines is 2. The molecule has 3 nitrogen and oxygen atoms in total. The predicted octanol–water partition coefficient (Wildman–Crippen LogP) is 0.535. The number of aromatic nitrogens is 1. The van der Waals surface area contributed by atoms with Crippen molar-refractivity contribution >= 4 is 24.3 Å². The highest BCUT2D eigenvalue weighted by atomic mass is 32.1. The van der Waals surface area contributed by atoms with Crippen LogP contribution < -0.4 is 11.5 Å². The van der Waals surface area contributed by atoms with Crippen molar-refractivity contribution in [1.82, 2.24) is 4.98 Å². The number of nitrogen functional groups attached to an aromatic ring is 2. The van der Waals surface area contributed by atoms with Crippen molar-refractivity contribution in [3.05, 3.63) is 12.1 Å². The molecule has 1 rings (SSSR count). The van der Waals surface area contributed by atoms with E-state index in [1.54, 1.807) is 12.1 Å². The Morgan fingerprint density at radius 2 is 2.00 bits per heavy atom. The molecule has 0 bridgehead atoms. The van der Waals surface area contributed by atoms with Crippen LogP contribution in [0.25, 0.3) is 0 Å². The maximum atomic E-state index is 5.35. The lowest BCUT2D eigenvalue weighted by Crippen LogP contribution is -1.95. The van der Waals surface area contributed by atoms with Crippen molar-refractivity contribution in [3.8, 4) is 0 Å². The minimum atomic E-state index is 0.373. The van der Waals surface area contributed by atoms with Crippen LogP contribution in [0.5, 0.6) is 0 Å². The van der Waals surface area contributed by atoms with Crippen LogP contribution in [0.3, 0.4) is 0 Å². The standard InChI is InChI=1S/C5H7N3S/c6-4-2-1-3(9)5(7)8-4/h1-2,9H,(H4,6,7,8). The lowest BCUT2D eigenvalue weighted by molar-refractivity contribution is 1.27. The van der Waals surface area contributed by atoms with E-state index in [0.717, 1.165) is 0 Å². The fourth-order valence-electron chi connectivity index (χ4n) is 0.483. The van der Waals surface area contributed by atoms with Crippen LogP contribution >= 0.6 is 12.6 Å². The van der Waals surface area contributed by atoms with Gasteiger partial charge in [-0.25, -0.2) is 4.98 Å². The Hall–Kier alpha value is -0.900. The average molecular weight is 141 g/mol. The highest BCUT2D eigenvalue weighted by Crippen LogP contribution is 2.13. The number of hydrogen-bond acceptors (Lipinski definition) is 4. The first kappa shape index (κ1) is 6.22. The van der Waals surface area contributed by atoms with E-state index in [9.17, 15) is 0 Å². The van der Waals surface area contributed by atoms with E-state index in [2.05, 4.69) is 17.6 Å². The largest absolute Gasteiger partial charge is 0.384 e. The van der Waals surface area contributed by atoms with Crippen LogP contribution in [0.15, 0.2) is 17.0 Å². The molecule has 9 heavy (non-hydrogen) atoms. The third-order valence-corrected chi connectivity index (χ3v) is 1.30. The Bertz CT molecular complexity index is 223. The quantitative estimate of drug-likeness (QED) is 0.462. The monoisotopic (exact) mass is 141 g/mol. The normalized spacial score (nSPS) is 9.44. The Morgan fingerprint density at radius 1 is 1.33 bits per heavy atom. The van der Waals surface area contributed by atoms with Crippen LogP contribution in [-0.4, -0.2) is 4.98 Å². The molecule has 48 valence electrons. The van der Waals surface area contributed by atoms with Crippen molar-refractivity contribution in [2.75, 3.05) is 11.5 Å². The topological polar surface area (TPSA) is 64.9 Å². The molecular formula is C5H7N3S. The molecule has 0 unspecified atom stereocenters. The fraction of sp³-hybridized carbons (Fsp3) is 0. The first-order chi connectivity index (χ1) is 4.20. The minimum Gasteiger partial charge on any atom is -0.384 e. The second kappa shape index (κ2) is 2.14. The predicted molar refractivity (Wildman–Crippen MR) is 40.3 cm³/mol. The van der Waals surface area contributed by atoms with Crippen LogP contribution in [0, 0.1) is 0 Å². The van der Waals surface area contributed by atoms with Crippen molar-refractivity contribution in [1.29, 1.82) is 0 Å². The molecule has 0 saturated carbocycles. The molecule has 0 saturated heterocycles. The second-order valence-corrected chi connectivity index (χ2v) is 2.12. The highest BCUT2D eigenvalue weighted by Gasteiger charge is 1.92. The molecule has 0 aliphatic rings. The first-order valence-corrected chi connectivity index (χ1v) is 2.86. The first-order valence-electron chi connectivity index (χ1n) is 2.41.